The third-order valence-corrected chi connectivity index (χ3v) is 3.01. The number of ketones is 1. The molecule has 6 heteroatoms. The number of nitrogens with one attached hydrogen (secondary N) is 1. The lowest BCUT2D eigenvalue weighted by atomic mass is 10.00. The molecule has 0 aliphatic rings. The van der Waals surface area contributed by atoms with Gasteiger partial charge in [0.1, 0.15) is 0 Å². The Morgan fingerprint density at radius 3 is 2.32 bits per heavy atom. The minimum atomic E-state index is -4.96. The number of rotatable bonds is 3. The van der Waals surface area contributed by atoms with Gasteiger partial charge in [-0.1, -0.05) is 36.4 Å². The van der Waals surface area contributed by atoms with Gasteiger partial charge in [0.05, 0.1) is 0 Å². The van der Waals surface area contributed by atoms with Gasteiger partial charge < -0.3 is 5.32 Å². The SMILES string of the molecule is CC(=O)c1cccc(-c2ccccc2NC(=O)C(F)(F)F)c1. The van der Waals surface area contributed by atoms with Crippen LogP contribution in [-0.4, -0.2) is 17.9 Å². The van der Waals surface area contributed by atoms with E-state index in [1.807, 2.05) is 5.32 Å². The van der Waals surface area contributed by atoms with Crippen LogP contribution in [0.3, 0.4) is 0 Å². The van der Waals surface area contributed by atoms with Gasteiger partial charge in [0.25, 0.3) is 0 Å². The van der Waals surface area contributed by atoms with E-state index in [2.05, 4.69) is 0 Å². The highest BCUT2D eigenvalue weighted by Gasteiger charge is 2.38. The summed E-state index contributed by atoms with van der Waals surface area (Å²) in [6.07, 6.45) is -4.96. The van der Waals surface area contributed by atoms with Gasteiger partial charge in [0, 0.05) is 16.8 Å². The fourth-order valence-corrected chi connectivity index (χ4v) is 1.94. The largest absolute Gasteiger partial charge is 0.471 e. The van der Waals surface area contributed by atoms with Crippen LogP contribution in [0, 0.1) is 0 Å². The van der Waals surface area contributed by atoms with Crippen molar-refractivity contribution in [3.63, 3.8) is 0 Å². The number of carbonyl (C=O) groups is 2. The van der Waals surface area contributed by atoms with Crippen LogP contribution in [0.5, 0.6) is 0 Å². The second-order valence-corrected chi connectivity index (χ2v) is 4.63. The van der Waals surface area contributed by atoms with Crippen molar-refractivity contribution < 1.29 is 22.8 Å². The summed E-state index contributed by atoms with van der Waals surface area (Å²) in [5.74, 6) is -2.19. The maximum absolute atomic E-state index is 12.4. The first-order valence-corrected chi connectivity index (χ1v) is 6.37. The zero-order valence-corrected chi connectivity index (χ0v) is 11.6. The van der Waals surface area contributed by atoms with E-state index in [0.29, 0.717) is 16.7 Å². The third-order valence-electron chi connectivity index (χ3n) is 3.01. The molecule has 0 aliphatic carbocycles. The molecule has 2 aromatic rings. The number of halogens is 3. The molecule has 0 radical (unpaired) electrons. The highest BCUT2D eigenvalue weighted by molar-refractivity contribution is 5.99. The van der Waals surface area contributed by atoms with Gasteiger partial charge in [-0.15, -0.1) is 0 Å². The lowest BCUT2D eigenvalue weighted by Crippen LogP contribution is -2.30. The average Bonchev–Trinajstić information content (AvgIpc) is 2.47. The standard InChI is InChI=1S/C16H12F3NO2/c1-10(21)11-5-4-6-12(9-11)13-7-2-3-8-14(13)20-15(22)16(17,18)19/h2-9H,1H3,(H,20,22). The summed E-state index contributed by atoms with van der Waals surface area (Å²) in [6.45, 7) is 1.40. The van der Waals surface area contributed by atoms with Crippen LogP contribution < -0.4 is 5.32 Å². The fourth-order valence-electron chi connectivity index (χ4n) is 1.94. The summed E-state index contributed by atoms with van der Waals surface area (Å²) in [5.41, 5.74) is 1.42. The van der Waals surface area contributed by atoms with Crippen molar-refractivity contribution >= 4 is 17.4 Å². The van der Waals surface area contributed by atoms with E-state index in [1.165, 1.54) is 19.1 Å². The van der Waals surface area contributed by atoms with E-state index in [-0.39, 0.29) is 11.5 Å². The molecule has 2 rings (SSSR count). The molecular formula is C16H12F3NO2. The van der Waals surface area contributed by atoms with Crippen molar-refractivity contribution in [2.24, 2.45) is 0 Å². The molecule has 0 saturated heterocycles. The molecule has 22 heavy (non-hydrogen) atoms. The van der Waals surface area contributed by atoms with E-state index in [1.54, 1.807) is 36.4 Å². The van der Waals surface area contributed by atoms with Crippen molar-refractivity contribution in [1.82, 2.24) is 0 Å². The molecule has 1 N–H and O–H groups in total. The zero-order chi connectivity index (χ0) is 16.3. The quantitative estimate of drug-likeness (QED) is 0.869. The Hall–Kier alpha value is -2.63. The van der Waals surface area contributed by atoms with Crippen molar-refractivity contribution in [3.8, 4) is 11.1 Å². The highest BCUT2D eigenvalue weighted by Crippen LogP contribution is 2.30. The lowest BCUT2D eigenvalue weighted by molar-refractivity contribution is -0.167. The van der Waals surface area contributed by atoms with Crippen molar-refractivity contribution in [3.05, 3.63) is 54.1 Å². The van der Waals surface area contributed by atoms with E-state index in [0.717, 1.165) is 0 Å². The zero-order valence-electron chi connectivity index (χ0n) is 11.6. The predicted octanol–water partition coefficient (Wildman–Crippen LogP) is 4.06. The molecule has 0 unspecified atom stereocenters. The Morgan fingerprint density at radius 1 is 1.00 bits per heavy atom. The molecule has 0 bridgehead atoms. The Bertz CT molecular complexity index is 723. The third kappa shape index (κ3) is 3.52. The summed E-state index contributed by atoms with van der Waals surface area (Å²) in [7, 11) is 0. The molecule has 0 spiro atoms. The molecular weight excluding hydrogens is 295 g/mol. The number of alkyl halides is 3. The molecule has 0 saturated carbocycles. The first-order chi connectivity index (χ1) is 10.3. The molecule has 3 nitrogen and oxygen atoms in total. The highest BCUT2D eigenvalue weighted by atomic mass is 19.4. The van der Waals surface area contributed by atoms with Crippen molar-refractivity contribution in [2.45, 2.75) is 13.1 Å². The number of hydrogen-bond donors (Lipinski definition) is 1. The van der Waals surface area contributed by atoms with Gasteiger partial charge in [-0.25, -0.2) is 0 Å². The van der Waals surface area contributed by atoms with E-state index in [9.17, 15) is 22.8 Å². The molecule has 0 aromatic heterocycles. The van der Waals surface area contributed by atoms with Crippen molar-refractivity contribution in [1.29, 1.82) is 0 Å². The summed E-state index contributed by atoms with van der Waals surface area (Å²) >= 11 is 0. The maximum atomic E-state index is 12.4. The monoisotopic (exact) mass is 307 g/mol. The molecule has 0 aliphatic heterocycles. The van der Waals surface area contributed by atoms with Crippen LogP contribution >= 0.6 is 0 Å². The van der Waals surface area contributed by atoms with Gasteiger partial charge in [-0.3, -0.25) is 9.59 Å². The number of amides is 1. The number of anilines is 1. The number of Topliss-reactive ketones (excluding diaryl/α,β-unsaturated/α-hetero) is 1. The topological polar surface area (TPSA) is 46.2 Å². The Balaban J connectivity index is 2.43. The van der Waals surface area contributed by atoms with E-state index < -0.39 is 12.1 Å². The summed E-state index contributed by atoms with van der Waals surface area (Å²) in [5, 5.41) is 1.85. The second-order valence-electron chi connectivity index (χ2n) is 4.63. The second kappa shape index (κ2) is 6.01. The normalized spacial score (nSPS) is 11.1. The summed E-state index contributed by atoms with van der Waals surface area (Å²) < 4.78 is 37.1. The summed E-state index contributed by atoms with van der Waals surface area (Å²) in [6, 6.07) is 12.6. The number of benzene rings is 2. The van der Waals surface area contributed by atoms with Crippen LogP contribution in [0.15, 0.2) is 48.5 Å². The number of carbonyl (C=O) groups excluding carboxylic acids is 2. The smallest absolute Gasteiger partial charge is 0.318 e. The van der Waals surface area contributed by atoms with Gasteiger partial charge >= 0.3 is 12.1 Å². The molecule has 114 valence electrons. The predicted molar refractivity (Wildman–Crippen MR) is 76.6 cm³/mol. The van der Waals surface area contributed by atoms with Gasteiger partial charge in [0.15, 0.2) is 5.78 Å². The van der Waals surface area contributed by atoms with Gasteiger partial charge in [-0.2, -0.15) is 13.2 Å². The van der Waals surface area contributed by atoms with Crippen LogP contribution in [0.25, 0.3) is 11.1 Å². The minimum Gasteiger partial charge on any atom is -0.318 e. The molecule has 0 heterocycles. The van der Waals surface area contributed by atoms with Gasteiger partial charge in [-0.05, 0) is 24.6 Å². The van der Waals surface area contributed by atoms with Crippen LogP contribution in [-0.2, 0) is 4.79 Å². The van der Waals surface area contributed by atoms with Gasteiger partial charge in [0.2, 0.25) is 0 Å². The van der Waals surface area contributed by atoms with Crippen LogP contribution in [0.2, 0.25) is 0 Å². The Kier molecular flexibility index (Phi) is 4.30. The molecule has 0 atom stereocenters. The fraction of sp³-hybridized carbons (Fsp3) is 0.125. The maximum Gasteiger partial charge on any atom is 0.471 e. The van der Waals surface area contributed by atoms with Crippen LogP contribution in [0.1, 0.15) is 17.3 Å². The summed E-state index contributed by atoms with van der Waals surface area (Å²) in [4.78, 5) is 22.5. The first-order valence-electron chi connectivity index (χ1n) is 6.37. The van der Waals surface area contributed by atoms with E-state index in [4.69, 9.17) is 0 Å². The van der Waals surface area contributed by atoms with Crippen molar-refractivity contribution in [2.75, 3.05) is 5.32 Å². The average molecular weight is 307 g/mol. The number of para-hydroxylation sites is 1. The molecule has 0 fully saturated rings. The van der Waals surface area contributed by atoms with E-state index >= 15 is 0 Å². The number of hydrogen-bond acceptors (Lipinski definition) is 2. The Labute approximate surface area is 124 Å². The lowest BCUT2D eigenvalue weighted by Gasteiger charge is -2.13. The first kappa shape index (κ1) is 15.8. The van der Waals surface area contributed by atoms with Crippen LogP contribution in [0.4, 0.5) is 18.9 Å². The minimum absolute atomic E-state index is 0.0329. The molecule has 2 aromatic carbocycles. The molecule has 1 amide bonds. The Morgan fingerprint density at radius 2 is 1.68 bits per heavy atom.